The van der Waals surface area contributed by atoms with Crippen LogP contribution < -0.4 is 0 Å². The van der Waals surface area contributed by atoms with E-state index in [0.717, 1.165) is 5.56 Å². The topological polar surface area (TPSA) is 74.7 Å². The molecule has 2 rings (SSSR count). The van der Waals surface area contributed by atoms with E-state index in [1.165, 1.54) is 16.4 Å². The van der Waals surface area contributed by atoms with Crippen LogP contribution >= 0.6 is 0 Å². The summed E-state index contributed by atoms with van der Waals surface area (Å²) in [5, 5.41) is 8.61. The molecular formula is C13H16FNO4S. The van der Waals surface area contributed by atoms with Crippen LogP contribution in [-0.2, 0) is 21.2 Å². The first-order valence-corrected chi connectivity index (χ1v) is 7.92. The normalized spacial score (nSPS) is 16.9. The molecule has 0 spiro atoms. The van der Waals surface area contributed by atoms with E-state index >= 15 is 0 Å². The van der Waals surface area contributed by atoms with E-state index in [9.17, 15) is 17.6 Å². The summed E-state index contributed by atoms with van der Waals surface area (Å²) < 4.78 is 38.0. The zero-order valence-electron chi connectivity index (χ0n) is 10.8. The first kappa shape index (κ1) is 14.9. The second-order valence-electron chi connectivity index (χ2n) is 4.97. The van der Waals surface area contributed by atoms with E-state index in [1.54, 1.807) is 12.1 Å². The maximum Gasteiger partial charge on any atom is 0.303 e. The van der Waals surface area contributed by atoms with Crippen molar-refractivity contribution >= 4 is 16.0 Å². The molecule has 7 heteroatoms. The number of nitrogens with zero attached hydrogens (tertiary/aromatic N) is 1. The highest BCUT2D eigenvalue weighted by Gasteiger charge is 2.36. The number of rotatable bonds is 6. The molecule has 20 heavy (non-hydrogen) atoms. The molecule has 1 aromatic carbocycles. The number of carbonyl (C=O) groups is 1. The molecule has 1 fully saturated rings. The van der Waals surface area contributed by atoms with Crippen molar-refractivity contribution in [2.24, 2.45) is 5.92 Å². The minimum absolute atomic E-state index is 0.00395. The lowest BCUT2D eigenvalue weighted by Crippen LogP contribution is -2.51. The molecule has 0 unspecified atom stereocenters. The van der Waals surface area contributed by atoms with E-state index in [2.05, 4.69) is 0 Å². The van der Waals surface area contributed by atoms with E-state index in [-0.39, 0.29) is 37.0 Å². The monoisotopic (exact) mass is 301 g/mol. The number of aryl methyl sites for hydroxylation is 1. The van der Waals surface area contributed by atoms with E-state index < -0.39 is 16.0 Å². The van der Waals surface area contributed by atoms with Gasteiger partial charge in [-0.15, -0.1) is 0 Å². The molecule has 1 aliphatic rings. The predicted octanol–water partition coefficient (Wildman–Crippen LogP) is 1.10. The fraction of sp³-hybridized carbons (Fsp3) is 0.462. The Morgan fingerprint density at radius 2 is 1.90 bits per heavy atom. The van der Waals surface area contributed by atoms with Crippen LogP contribution in [0.2, 0.25) is 0 Å². The molecule has 1 heterocycles. The predicted molar refractivity (Wildman–Crippen MR) is 71.2 cm³/mol. The first-order valence-electron chi connectivity index (χ1n) is 6.31. The molecule has 1 aliphatic heterocycles. The Labute approximate surface area is 117 Å². The third-order valence-electron chi connectivity index (χ3n) is 3.34. The van der Waals surface area contributed by atoms with Crippen molar-refractivity contribution in [3.63, 3.8) is 0 Å². The van der Waals surface area contributed by atoms with Crippen LogP contribution in [-0.4, -0.2) is 42.6 Å². The first-order chi connectivity index (χ1) is 9.37. The minimum Gasteiger partial charge on any atom is -0.481 e. The number of carboxylic acid groups (broad SMARTS) is 1. The van der Waals surface area contributed by atoms with Crippen molar-refractivity contribution in [2.45, 2.75) is 12.8 Å². The van der Waals surface area contributed by atoms with Gasteiger partial charge in [-0.25, -0.2) is 17.1 Å². The lowest BCUT2D eigenvalue weighted by Gasteiger charge is -2.37. The van der Waals surface area contributed by atoms with Gasteiger partial charge in [0.25, 0.3) is 0 Å². The lowest BCUT2D eigenvalue weighted by atomic mass is 10.00. The molecule has 5 nitrogen and oxygen atoms in total. The number of aliphatic carboxylic acids is 1. The molecule has 0 aliphatic carbocycles. The van der Waals surface area contributed by atoms with Gasteiger partial charge in [-0.3, -0.25) is 4.79 Å². The highest BCUT2D eigenvalue weighted by atomic mass is 32.2. The minimum atomic E-state index is -3.35. The second-order valence-corrected chi connectivity index (χ2v) is 7.06. The van der Waals surface area contributed by atoms with Gasteiger partial charge in [-0.05, 0) is 30.0 Å². The Hall–Kier alpha value is -1.47. The summed E-state index contributed by atoms with van der Waals surface area (Å²) >= 11 is 0. The molecule has 1 N–H and O–H groups in total. The van der Waals surface area contributed by atoms with Gasteiger partial charge >= 0.3 is 5.97 Å². The average molecular weight is 301 g/mol. The van der Waals surface area contributed by atoms with Crippen LogP contribution in [0.4, 0.5) is 4.39 Å². The van der Waals surface area contributed by atoms with E-state index in [4.69, 9.17) is 5.11 Å². The second kappa shape index (κ2) is 5.88. The highest BCUT2D eigenvalue weighted by Crippen LogP contribution is 2.23. The molecule has 0 amide bonds. The highest BCUT2D eigenvalue weighted by molar-refractivity contribution is 7.89. The van der Waals surface area contributed by atoms with Crippen LogP contribution in [0, 0.1) is 11.7 Å². The number of sulfonamides is 1. The fourth-order valence-electron chi connectivity index (χ4n) is 2.15. The van der Waals surface area contributed by atoms with Gasteiger partial charge in [0.15, 0.2) is 0 Å². The fourth-order valence-corrected chi connectivity index (χ4v) is 3.78. The number of benzene rings is 1. The van der Waals surface area contributed by atoms with Crippen molar-refractivity contribution in [3.05, 3.63) is 35.6 Å². The van der Waals surface area contributed by atoms with Gasteiger partial charge < -0.3 is 5.11 Å². The summed E-state index contributed by atoms with van der Waals surface area (Å²) in [7, 11) is -3.35. The summed E-state index contributed by atoms with van der Waals surface area (Å²) in [4.78, 5) is 10.5. The molecule has 0 aromatic heterocycles. The Kier molecular flexibility index (Phi) is 4.39. The molecule has 110 valence electrons. The molecule has 1 aromatic rings. The van der Waals surface area contributed by atoms with Gasteiger partial charge in [0.2, 0.25) is 10.0 Å². The summed E-state index contributed by atoms with van der Waals surface area (Å²) in [6.07, 6.45) is 0.326. The van der Waals surface area contributed by atoms with E-state index in [1.807, 2.05) is 0 Å². The van der Waals surface area contributed by atoms with Gasteiger partial charge in [-0.2, -0.15) is 0 Å². The average Bonchev–Trinajstić information content (AvgIpc) is 2.32. The third-order valence-corrected chi connectivity index (χ3v) is 5.15. The zero-order chi connectivity index (χ0) is 14.8. The van der Waals surface area contributed by atoms with Crippen molar-refractivity contribution in [1.29, 1.82) is 0 Å². The molecule has 0 saturated carbocycles. The van der Waals surface area contributed by atoms with Gasteiger partial charge in [0, 0.05) is 13.1 Å². The lowest BCUT2D eigenvalue weighted by molar-refractivity contribution is -0.139. The Morgan fingerprint density at radius 1 is 1.30 bits per heavy atom. The molecule has 0 bridgehead atoms. The molecule has 0 atom stereocenters. The van der Waals surface area contributed by atoms with Crippen molar-refractivity contribution in [3.8, 4) is 0 Å². The van der Waals surface area contributed by atoms with Crippen LogP contribution in [0.3, 0.4) is 0 Å². The standard InChI is InChI=1S/C13H16FNO4S/c14-12-3-1-10(2-4-12)5-6-20(18,19)15-8-11(9-15)7-13(16)17/h1-4,11H,5-9H2,(H,16,17). The summed E-state index contributed by atoms with van der Waals surface area (Å²) in [6, 6.07) is 5.73. The maximum atomic E-state index is 12.7. The number of hydrogen-bond donors (Lipinski definition) is 1. The summed E-state index contributed by atoms with van der Waals surface area (Å²) in [5.41, 5.74) is 0.762. The van der Waals surface area contributed by atoms with Crippen LogP contribution in [0.1, 0.15) is 12.0 Å². The van der Waals surface area contributed by atoms with Gasteiger partial charge in [-0.1, -0.05) is 12.1 Å². The molecule has 0 radical (unpaired) electrons. The zero-order valence-corrected chi connectivity index (χ0v) is 11.6. The van der Waals surface area contributed by atoms with Crippen LogP contribution in [0.25, 0.3) is 0 Å². The molecular weight excluding hydrogens is 285 g/mol. The van der Waals surface area contributed by atoms with Gasteiger partial charge in [0.05, 0.1) is 12.2 Å². The quantitative estimate of drug-likeness (QED) is 0.854. The Bertz CT molecular complexity index is 579. The van der Waals surface area contributed by atoms with Crippen molar-refractivity contribution in [2.75, 3.05) is 18.8 Å². The van der Waals surface area contributed by atoms with Crippen LogP contribution in [0.5, 0.6) is 0 Å². The number of carboxylic acids is 1. The Morgan fingerprint density at radius 3 is 2.45 bits per heavy atom. The van der Waals surface area contributed by atoms with Crippen LogP contribution in [0.15, 0.2) is 24.3 Å². The summed E-state index contributed by atoms with van der Waals surface area (Å²) in [6.45, 7) is 0.552. The molecule has 1 saturated heterocycles. The van der Waals surface area contributed by atoms with E-state index in [0.29, 0.717) is 6.42 Å². The van der Waals surface area contributed by atoms with Crippen molar-refractivity contribution in [1.82, 2.24) is 4.31 Å². The van der Waals surface area contributed by atoms with Gasteiger partial charge in [0.1, 0.15) is 5.82 Å². The number of halogens is 1. The largest absolute Gasteiger partial charge is 0.481 e. The number of hydrogen-bond acceptors (Lipinski definition) is 3. The Balaban J connectivity index is 1.83. The smallest absolute Gasteiger partial charge is 0.303 e. The van der Waals surface area contributed by atoms with Crippen molar-refractivity contribution < 1.29 is 22.7 Å². The SMILES string of the molecule is O=C(O)CC1CN(S(=O)(=O)CCc2ccc(F)cc2)C1. The third kappa shape index (κ3) is 3.77. The summed E-state index contributed by atoms with van der Waals surface area (Å²) in [5.74, 6) is -1.39. The maximum absolute atomic E-state index is 12.7.